The number of thioether (sulfide) groups is 1. The van der Waals surface area contributed by atoms with Crippen LogP contribution in [0.15, 0.2) is 66.3 Å². The van der Waals surface area contributed by atoms with Gasteiger partial charge in [-0.3, -0.25) is 4.57 Å². The molecule has 0 aliphatic carbocycles. The molecule has 0 aliphatic heterocycles. The largest absolute Gasteiger partial charge is 0.307 e. The van der Waals surface area contributed by atoms with Crippen LogP contribution < -0.4 is 0 Å². The van der Waals surface area contributed by atoms with Crippen molar-refractivity contribution in [2.24, 2.45) is 0 Å². The maximum atomic E-state index is 13.9. The van der Waals surface area contributed by atoms with Crippen LogP contribution in [0.3, 0.4) is 0 Å². The third-order valence-corrected chi connectivity index (χ3v) is 4.37. The monoisotopic (exact) mass is 325 g/mol. The Balaban J connectivity index is 1.58. The van der Waals surface area contributed by atoms with Gasteiger partial charge in [0.05, 0.1) is 11.4 Å². The third-order valence-electron chi connectivity index (χ3n) is 3.39. The summed E-state index contributed by atoms with van der Waals surface area (Å²) in [5.74, 6) is 0.330. The summed E-state index contributed by atoms with van der Waals surface area (Å²) in [5.41, 5.74) is 2.28. The van der Waals surface area contributed by atoms with E-state index in [0.29, 0.717) is 16.6 Å². The van der Waals surface area contributed by atoms with Gasteiger partial charge in [-0.05, 0) is 24.3 Å². The molecule has 0 N–H and O–H groups in total. The van der Waals surface area contributed by atoms with E-state index in [2.05, 4.69) is 15.2 Å². The Morgan fingerprint density at radius 1 is 1.09 bits per heavy atom. The van der Waals surface area contributed by atoms with Gasteiger partial charge in [-0.25, -0.2) is 9.37 Å². The van der Waals surface area contributed by atoms with E-state index in [0.717, 1.165) is 11.3 Å². The van der Waals surface area contributed by atoms with Crippen molar-refractivity contribution in [2.45, 2.75) is 10.9 Å². The predicted molar refractivity (Wildman–Crippen MR) is 86.1 cm³/mol. The second-order valence-electron chi connectivity index (χ2n) is 4.92. The Hall–Kier alpha value is -2.67. The van der Waals surface area contributed by atoms with Crippen molar-refractivity contribution in [1.29, 1.82) is 0 Å². The Labute approximate surface area is 135 Å². The van der Waals surface area contributed by atoms with Gasteiger partial charge in [0.25, 0.3) is 0 Å². The summed E-state index contributed by atoms with van der Waals surface area (Å²) in [4.78, 5) is 4.54. The lowest BCUT2D eigenvalue weighted by atomic mass is 10.3. The second-order valence-corrected chi connectivity index (χ2v) is 5.86. The molecule has 7 heteroatoms. The third kappa shape index (κ3) is 2.70. The number of nitrogens with zero attached hydrogens (tertiary/aromatic N) is 5. The standard InChI is InChI=1S/C16H12FN5S/c17-13-5-1-2-6-14(13)22-11-18-20-16(22)23-10-12-9-21-8-4-3-7-15(21)19-12/h1-9,11H,10H2. The smallest absolute Gasteiger partial charge is 0.196 e. The molecule has 4 aromatic rings. The van der Waals surface area contributed by atoms with Gasteiger partial charge < -0.3 is 4.40 Å². The number of para-hydroxylation sites is 1. The minimum absolute atomic E-state index is 0.304. The van der Waals surface area contributed by atoms with Crippen LogP contribution >= 0.6 is 11.8 Å². The molecule has 0 amide bonds. The van der Waals surface area contributed by atoms with Crippen molar-refractivity contribution in [3.63, 3.8) is 0 Å². The molecule has 23 heavy (non-hydrogen) atoms. The van der Waals surface area contributed by atoms with Gasteiger partial charge in [-0.15, -0.1) is 10.2 Å². The average Bonchev–Trinajstić information content (AvgIpc) is 3.19. The van der Waals surface area contributed by atoms with E-state index in [9.17, 15) is 4.39 Å². The summed E-state index contributed by atoms with van der Waals surface area (Å²) in [5, 5.41) is 8.60. The lowest BCUT2D eigenvalue weighted by Crippen LogP contribution is -1.98. The Bertz CT molecular complexity index is 929. The van der Waals surface area contributed by atoms with Crippen LogP contribution in [0.4, 0.5) is 4.39 Å². The Morgan fingerprint density at radius 3 is 2.83 bits per heavy atom. The molecule has 0 fully saturated rings. The fourth-order valence-corrected chi connectivity index (χ4v) is 3.14. The van der Waals surface area contributed by atoms with Crippen LogP contribution in [0.2, 0.25) is 0 Å². The van der Waals surface area contributed by atoms with Gasteiger partial charge in [0.1, 0.15) is 17.8 Å². The lowest BCUT2D eigenvalue weighted by Gasteiger charge is -2.06. The van der Waals surface area contributed by atoms with E-state index in [1.54, 1.807) is 22.8 Å². The average molecular weight is 325 g/mol. The van der Waals surface area contributed by atoms with Crippen LogP contribution in [0.1, 0.15) is 5.69 Å². The molecule has 3 heterocycles. The number of pyridine rings is 1. The number of halogens is 1. The van der Waals surface area contributed by atoms with Crippen molar-refractivity contribution >= 4 is 17.4 Å². The predicted octanol–water partition coefficient (Wildman–Crippen LogP) is 3.35. The molecule has 3 aromatic heterocycles. The highest BCUT2D eigenvalue weighted by molar-refractivity contribution is 7.98. The molecule has 4 rings (SSSR count). The summed E-state index contributed by atoms with van der Waals surface area (Å²) in [6.07, 6.45) is 5.45. The van der Waals surface area contributed by atoms with Crippen molar-refractivity contribution in [3.05, 3.63) is 72.7 Å². The number of hydrogen-bond acceptors (Lipinski definition) is 4. The van der Waals surface area contributed by atoms with Crippen molar-refractivity contribution in [1.82, 2.24) is 24.1 Å². The van der Waals surface area contributed by atoms with Gasteiger partial charge in [0, 0.05) is 18.1 Å². The first-order valence-electron chi connectivity index (χ1n) is 7.01. The van der Waals surface area contributed by atoms with Gasteiger partial charge in [0.2, 0.25) is 0 Å². The SMILES string of the molecule is Fc1ccccc1-n1cnnc1SCc1cn2ccccc2n1. The first kappa shape index (κ1) is 14.0. The van der Waals surface area contributed by atoms with Crippen LogP contribution in [-0.4, -0.2) is 24.1 Å². The number of benzene rings is 1. The fourth-order valence-electron chi connectivity index (χ4n) is 2.33. The van der Waals surface area contributed by atoms with Crippen LogP contribution in [0.25, 0.3) is 11.3 Å². The molecule has 114 valence electrons. The maximum absolute atomic E-state index is 13.9. The van der Waals surface area contributed by atoms with Gasteiger partial charge in [-0.1, -0.05) is 30.0 Å². The molecule has 0 aliphatic rings. The minimum atomic E-state index is -0.304. The van der Waals surface area contributed by atoms with Crippen molar-refractivity contribution < 1.29 is 4.39 Å². The summed E-state index contributed by atoms with van der Waals surface area (Å²) in [6.45, 7) is 0. The number of fused-ring (bicyclic) bond motifs is 1. The lowest BCUT2D eigenvalue weighted by molar-refractivity contribution is 0.613. The topological polar surface area (TPSA) is 48.0 Å². The summed E-state index contributed by atoms with van der Waals surface area (Å²) >= 11 is 1.47. The normalized spacial score (nSPS) is 11.2. The Kier molecular flexibility index (Phi) is 3.55. The highest BCUT2D eigenvalue weighted by Crippen LogP contribution is 2.24. The van der Waals surface area contributed by atoms with Crippen molar-refractivity contribution in [3.8, 4) is 5.69 Å². The molecule has 0 bridgehead atoms. The van der Waals surface area contributed by atoms with Gasteiger partial charge in [0.15, 0.2) is 5.16 Å². The first-order valence-corrected chi connectivity index (χ1v) is 8.00. The number of aromatic nitrogens is 5. The molecular formula is C16H12FN5S. The van der Waals surface area contributed by atoms with E-state index < -0.39 is 0 Å². The zero-order valence-corrected chi connectivity index (χ0v) is 12.8. The molecule has 1 aromatic carbocycles. The van der Waals surface area contributed by atoms with Crippen LogP contribution in [0, 0.1) is 5.82 Å². The molecule has 0 saturated carbocycles. The molecule has 5 nitrogen and oxygen atoms in total. The molecule has 0 atom stereocenters. The highest BCUT2D eigenvalue weighted by atomic mass is 32.2. The molecule has 0 radical (unpaired) electrons. The first-order chi connectivity index (χ1) is 11.3. The number of hydrogen-bond donors (Lipinski definition) is 0. The molecular weight excluding hydrogens is 313 g/mol. The van der Waals surface area contributed by atoms with Crippen LogP contribution in [-0.2, 0) is 5.75 Å². The van der Waals surface area contributed by atoms with E-state index in [4.69, 9.17) is 0 Å². The van der Waals surface area contributed by atoms with E-state index >= 15 is 0 Å². The maximum Gasteiger partial charge on any atom is 0.196 e. The zero-order chi connectivity index (χ0) is 15.6. The van der Waals surface area contributed by atoms with Crippen LogP contribution in [0.5, 0.6) is 0 Å². The second kappa shape index (κ2) is 5.85. The quantitative estimate of drug-likeness (QED) is 0.540. The number of imidazole rings is 1. The minimum Gasteiger partial charge on any atom is -0.307 e. The molecule has 0 unspecified atom stereocenters. The summed E-state index contributed by atoms with van der Waals surface area (Å²) in [6, 6.07) is 12.4. The summed E-state index contributed by atoms with van der Waals surface area (Å²) in [7, 11) is 0. The van der Waals surface area contributed by atoms with E-state index in [1.807, 2.05) is 35.0 Å². The van der Waals surface area contributed by atoms with Crippen molar-refractivity contribution in [2.75, 3.05) is 0 Å². The fraction of sp³-hybridized carbons (Fsp3) is 0.0625. The number of rotatable bonds is 4. The van der Waals surface area contributed by atoms with E-state index in [-0.39, 0.29) is 5.82 Å². The van der Waals surface area contributed by atoms with Gasteiger partial charge in [-0.2, -0.15) is 0 Å². The summed E-state index contributed by atoms with van der Waals surface area (Å²) < 4.78 is 17.6. The zero-order valence-electron chi connectivity index (χ0n) is 12.0. The molecule has 0 spiro atoms. The highest BCUT2D eigenvalue weighted by Gasteiger charge is 2.11. The molecule has 0 saturated heterocycles. The van der Waals surface area contributed by atoms with Gasteiger partial charge >= 0.3 is 0 Å². The Morgan fingerprint density at radius 2 is 1.96 bits per heavy atom. The van der Waals surface area contributed by atoms with E-state index in [1.165, 1.54) is 24.2 Å².